The molecule has 0 atom stereocenters. The number of nitrogens with zero attached hydrogens (tertiary/aromatic N) is 4. The molecule has 0 amide bonds. The minimum Gasteiger partial charge on any atom is -0.393 e. The number of nitrogens with one attached hydrogen (secondary N) is 1. The molecule has 0 bridgehead atoms. The Bertz CT molecular complexity index is 442. The summed E-state index contributed by atoms with van der Waals surface area (Å²) in [5.41, 5.74) is 6.92. The summed E-state index contributed by atoms with van der Waals surface area (Å²) in [6, 6.07) is 0.502. The number of aromatic nitrogens is 2. The fourth-order valence-electron chi connectivity index (χ4n) is 2.75. The molecule has 21 heavy (non-hydrogen) atoms. The first kappa shape index (κ1) is 15.8. The second-order valence-corrected chi connectivity index (χ2v) is 5.89. The van der Waals surface area contributed by atoms with Crippen LogP contribution in [-0.4, -0.2) is 54.6 Å². The van der Waals surface area contributed by atoms with Crippen molar-refractivity contribution < 1.29 is 0 Å². The summed E-state index contributed by atoms with van der Waals surface area (Å²) >= 11 is 0. The number of likely N-dealkylation sites (tertiary alicyclic amines) is 1. The quantitative estimate of drug-likeness (QED) is 0.779. The molecule has 0 spiro atoms. The highest BCUT2D eigenvalue weighted by Crippen LogP contribution is 2.28. The van der Waals surface area contributed by atoms with Crippen molar-refractivity contribution in [1.82, 2.24) is 14.9 Å². The largest absolute Gasteiger partial charge is 0.393 e. The van der Waals surface area contributed by atoms with Gasteiger partial charge in [0.05, 0.1) is 0 Å². The van der Waals surface area contributed by atoms with Gasteiger partial charge in [-0.1, -0.05) is 13.3 Å². The van der Waals surface area contributed by atoms with E-state index in [2.05, 4.69) is 46.1 Å². The van der Waals surface area contributed by atoms with Gasteiger partial charge >= 0.3 is 0 Å². The molecular weight excluding hydrogens is 264 g/mol. The highest BCUT2D eigenvalue weighted by atomic mass is 15.2. The van der Waals surface area contributed by atoms with Gasteiger partial charge in [0, 0.05) is 19.6 Å². The number of anilines is 3. The summed E-state index contributed by atoms with van der Waals surface area (Å²) < 4.78 is 0. The van der Waals surface area contributed by atoms with Crippen LogP contribution in [0.15, 0.2) is 6.33 Å². The molecule has 2 heterocycles. The van der Waals surface area contributed by atoms with Crippen molar-refractivity contribution in [2.24, 2.45) is 0 Å². The molecule has 2 rings (SSSR count). The van der Waals surface area contributed by atoms with E-state index in [9.17, 15) is 0 Å². The molecule has 1 saturated heterocycles. The van der Waals surface area contributed by atoms with E-state index in [0.29, 0.717) is 11.7 Å². The minimum absolute atomic E-state index is 0.502. The van der Waals surface area contributed by atoms with Crippen LogP contribution < -0.4 is 16.0 Å². The van der Waals surface area contributed by atoms with Crippen molar-refractivity contribution in [3.05, 3.63) is 6.33 Å². The van der Waals surface area contributed by atoms with Gasteiger partial charge in [-0.15, -0.1) is 0 Å². The highest BCUT2D eigenvalue weighted by Gasteiger charge is 2.23. The maximum atomic E-state index is 6.26. The normalized spacial score (nSPS) is 16.9. The van der Waals surface area contributed by atoms with Crippen molar-refractivity contribution in [2.45, 2.75) is 38.6 Å². The molecule has 0 aliphatic carbocycles. The second-order valence-electron chi connectivity index (χ2n) is 5.89. The van der Waals surface area contributed by atoms with Crippen LogP contribution in [0.4, 0.5) is 17.3 Å². The molecule has 1 aliphatic rings. The number of nitrogens with two attached hydrogens (primary N) is 1. The second kappa shape index (κ2) is 7.45. The lowest BCUT2D eigenvalue weighted by Gasteiger charge is -2.36. The predicted molar refractivity (Wildman–Crippen MR) is 88.8 cm³/mol. The number of hydrogen-bond acceptors (Lipinski definition) is 6. The molecule has 6 nitrogen and oxygen atoms in total. The molecule has 1 aromatic rings. The minimum atomic E-state index is 0.502. The molecule has 6 heteroatoms. The monoisotopic (exact) mass is 292 g/mol. The number of unbranched alkanes of at least 4 members (excludes halogenated alkanes) is 1. The summed E-state index contributed by atoms with van der Waals surface area (Å²) in [6.07, 6.45) is 6.17. The molecule has 118 valence electrons. The molecule has 1 aromatic heterocycles. The molecule has 0 aromatic carbocycles. The third kappa shape index (κ3) is 3.97. The Morgan fingerprint density at radius 2 is 2.10 bits per heavy atom. The molecule has 0 unspecified atom stereocenters. The van der Waals surface area contributed by atoms with Gasteiger partial charge in [0.15, 0.2) is 11.6 Å². The van der Waals surface area contributed by atoms with Gasteiger partial charge in [0.25, 0.3) is 0 Å². The van der Waals surface area contributed by atoms with Crippen molar-refractivity contribution in [3.8, 4) is 0 Å². The Kier molecular flexibility index (Phi) is 5.61. The van der Waals surface area contributed by atoms with Crippen LogP contribution in [0.2, 0.25) is 0 Å². The molecule has 0 saturated carbocycles. The van der Waals surface area contributed by atoms with E-state index in [4.69, 9.17) is 5.73 Å². The molecule has 0 radical (unpaired) electrons. The van der Waals surface area contributed by atoms with Gasteiger partial charge < -0.3 is 20.9 Å². The third-order valence-corrected chi connectivity index (χ3v) is 4.26. The first-order valence-electron chi connectivity index (χ1n) is 7.89. The van der Waals surface area contributed by atoms with Crippen molar-refractivity contribution in [3.63, 3.8) is 0 Å². The first-order valence-corrected chi connectivity index (χ1v) is 7.89. The van der Waals surface area contributed by atoms with Gasteiger partial charge in [0.2, 0.25) is 0 Å². The summed E-state index contributed by atoms with van der Waals surface area (Å²) in [5, 5.41) is 3.31. The zero-order valence-corrected chi connectivity index (χ0v) is 13.5. The molecule has 1 aliphatic heterocycles. The smallest absolute Gasteiger partial charge is 0.157 e. The Labute approximate surface area is 127 Å². The Morgan fingerprint density at radius 3 is 2.76 bits per heavy atom. The van der Waals surface area contributed by atoms with Crippen LogP contribution in [0.3, 0.4) is 0 Å². The fourth-order valence-corrected chi connectivity index (χ4v) is 2.75. The lowest BCUT2D eigenvalue weighted by molar-refractivity contribution is 0.252. The van der Waals surface area contributed by atoms with Gasteiger partial charge in [-0.2, -0.15) is 0 Å². The van der Waals surface area contributed by atoms with Crippen LogP contribution in [-0.2, 0) is 0 Å². The molecule has 3 N–H and O–H groups in total. The standard InChI is InChI=1S/C15H28N6/c1-4-5-8-17-14-13(16)15(19-11-18-14)21(3)12-6-9-20(2)10-7-12/h11-12H,4-10,16H2,1-3H3,(H,17,18,19). The summed E-state index contributed by atoms with van der Waals surface area (Å²) in [5.74, 6) is 1.60. The third-order valence-electron chi connectivity index (χ3n) is 4.26. The average Bonchev–Trinajstić information content (AvgIpc) is 2.49. The lowest BCUT2D eigenvalue weighted by atomic mass is 10.0. The van der Waals surface area contributed by atoms with E-state index < -0.39 is 0 Å². The van der Waals surface area contributed by atoms with E-state index in [-0.39, 0.29) is 0 Å². The van der Waals surface area contributed by atoms with E-state index in [1.165, 1.54) is 0 Å². The average molecular weight is 292 g/mol. The number of piperidine rings is 1. The Balaban J connectivity index is 2.06. The van der Waals surface area contributed by atoms with Crippen LogP contribution in [0.25, 0.3) is 0 Å². The predicted octanol–water partition coefficient (Wildman–Crippen LogP) is 1.80. The van der Waals surface area contributed by atoms with Crippen molar-refractivity contribution in [1.29, 1.82) is 0 Å². The molecular formula is C15H28N6. The summed E-state index contributed by atoms with van der Waals surface area (Å²) in [4.78, 5) is 13.2. The lowest BCUT2D eigenvalue weighted by Crippen LogP contribution is -2.42. The summed E-state index contributed by atoms with van der Waals surface area (Å²) in [7, 11) is 4.26. The van der Waals surface area contributed by atoms with Crippen molar-refractivity contribution in [2.75, 3.05) is 49.7 Å². The SMILES string of the molecule is CCCCNc1ncnc(N(C)C2CCN(C)CC2)c1N. The molecule has 1 fully saturated rings. The number of rotatable bonds is 6. The van der Waals surface area contributed by atoms with Gasteiger partial charge in [-0.25, -0.2) is 9.97 Å². The Morgan fingerprint density at radius 1 is 1.38 bits per heavy atom. The first-order chi connectivity index (χ1) is 10.1. The van der Waals surface area contributed by atoms with Crippen LogP contribution >= 0.6 is 0 Å². The van der Waals surface area contributed by atoms with Gasteiger partial charge in [-0.3, -0.25) is 0 Å². The van der Waals surface area contributed by atoms with Gasteiger partial charge in [0.1, 0.15) is 12.0 Å². The van der Waals surface area contributed by atoms with Crippen molar-refractivity contribution >= 4 is 17.3 Å². The number of nitrogen functional groups attached to an aromatic ring is 1. The van der Waals surface area contributed by atoms with Crippen LogP contribution in [0.1, 0.15) is 32.6 Å². The van der Waals surface area contributed by atoms with Crippen LogP contribution in [0, 0.1) is 0 Å². The topological polar surface area (TPSA) is 70.3 Å². The van der Waals surface area contributed by atoms with Crippen LogP contribution in [0.5, 0.6) is 0 Å². The van der Waals surface area contributed by atoms with Gasteiger partial charge in [-0.05, 0) is 39.4 Å². The Hall–Kier alpha value is -1.56. The number of hydrogen-bond donors (Lipinski definition) is 2. The van der Waals surface area contributed by atoms with E-state index in [1.54, 1.807) is 6.33 Å². The zero-order valence-electron chi connectivity index (χ0n) is 13.5. The zero-order chi connectivity index (χ0) is 15.2. The maximum Gasteiger partial charge on any atom is 0.157 e. The van der Waals surface area contributed by atoms with E-state index in [0.717, 1.165) is 57.0 Å². The summed E-state index contributed by atoms with van der Waals surface area (Å²) in [6.45, 7) is 5.32. The highest BCUT2D eigenvalue weighted by molar-refractivity contribution is 5.74. The fraction of sp³-hybridized carbons (Fsp3) is 0.733. The van der Waals surface area contributed by atoms with E-state index >= 15 is 0 Å². The maximum absolute atomic E-state index is 6.26. The van der Waals surface area contributed by atoms with E-state index in [1.807, 2.05) is 0 Å².